The summed E-state index contributed by atoms with van der Waals surface area (Å²) in [5.41, 5.74) is 0. The number of aryl methyl sites for hydroxylation is 1. The summed E-state index contributed by atoms with van der Waals surface area (Å²) < 4.78 is 12.9. The monoisotopic (exact) mass is 256 g/mol. The second-order valence-electron chi connectivity index (χ2n) is 4.10. The van der Waals surface area contributed by atoms with Crippen molar-refractivity contribution in [1.29, 1.82) is 0 Å². The van der Waals surface area contributed by atoms with Crippen LogP contribution in [0.25, 0.3) is 0 Å². The van der Waals surface area contributed by atoms with Crippen LogP contribution in [-0.2, 0) is 16.5 Å². The maximum absolute atomic E-state index is 5.48. The molecule has 0 radical (unpaired) electrons. The summed E-state index contributed by atoms with van der Waals surface area (Å²) in [7, 11) is 1.94. The number of hydrogen-bond acceptors (Lipinski definition) is 5. The standard InChI is InChI=1S/C12H24N4O2/c1-5-17-11(18-6-2)7-8-13-10(3)12-15-14-9-16(12)4/h9-11,13H,5-8H2,1-4H3. The Morgan fingerprint density at radius 1 is 1.33 bits per heavy atom. The van der Waals surface area contributed by atoms with E-state index in [0.717, 1.165) is 18.8 Å². The van der Waals surface area contributed by atoms with Gasteiger partial charge in [0.25, 0.3) is 0 Å². The van der Waals surface area contributed by atoms with E-state index in [4.69, 9.17) is 9.47 Å². The molecule has 6 heteroatoms. The van der Waals surface area contributed by atoms with Gasteiger partial charge in [-0.3, -0.25) is 0 Å². The second-order valence-corrected chi connectivity index (χ2v) is 4.10. The first kappa shape index (κ1) is 15.1. The van der Waals surface area contributed by atoms with Crippen molar-refractivity contribution in [2.24, 2.45) is 7.05 Å². The molecule has 1 unspecified atom stereocenters. The third kappa shape index (κ3) is 4.72. The largest absolute Gasteiger partial charge is 0.353 e. The van der Waals surface area contributed by atoms with Crippen LogP contribution in [0.4, 0.5) is 0 Å². The molecule has 0 aliphatic carbocycles. The molecule has 1 atom stereocenters. The minimum Gasteiger partial charge on any atom is -0.353 e. The van der Waals surface area contributed by atoms with Crippen molar-refractivity contribution in [3.63, 3.8) is 0 Å². The Bertz CT molecular complexity index is 324. The number of rotatable bonds is 9. The highest BCUT2D eigenvalue weighted by Gasteiger charge is 2.12. The Balaban J connectivity index is 2.29. The molecule has 1 aromatic heterocycles. The third-order valence-electron chi connectivity index (χ3n) is 2.67. The van der Waals surface area contributed by atoms with Gasteiger partial charge in [0.15, 0.2) is 6.29 Å². The molecule has 0 saturated carbocycles. The molecular formula is C12H24N4O2. The van der Waals surface area contributed by atoms with Gasteiger partial charge in [-0.05, 0) is 20.8 Å². The molecule has 0 fully saturated rings. The summed E-state index contributed by atoms with van der Waals surface area (Å²) in [6.45, 7) is 8.18. The van der Waals surface area contributed by atoms with E-state index in [2.05, 4.69) is 22.4 Å². The van der Waals surface area contributed by atoms with E-state index in [1.807, 2.05) is 25.5 Å². The predicted octanol–water partition coefficient (Wildman–Crippen LogP) is 1.25. The van der Waals surface area contributed by atoms with Crippen LogP contribution in [0.3, 0.4) is 0 Å². The fraction of sp³-hybridized carbons (Fsp3) is 0.833. The molecule has 0 saturated heterocycles. The summed E-state index contributed by atoms with van der Waals surface area (Å²) >= 11 is 0. The zero-order chi connectivity index (χ0) is 13.4. The van der Waals surface area contributed by atoms with Gasteiger partial charge < -0.3 is 19.4 Å². The highest BCUT2D eigenvalue weighted by Crippen LogP contribution is 2.08. The Hall–Kier alpha value is -0.980. The lowest BCUT2D eigenvalue weighted by Gasteiger charge is -2.18. The molecule has 0 aliphatic rings. The maximum Gasteiger partial charge on any atom is 0.158 e. The molecule has 1 rings (SSSR count). The lowest BCUT2D eigenvalue weighted by molar-refractivity contribution is -0.138. The first-order chi connectivity index (χ1) is 8.69. The number of ether oxygens (including phenoxy) is 2. The molecule has 6 nitrogen and oxygen atoms in total. The first-order valence-electron chi connectivity index (χ1n) is 6.49. The molecule has 1 aromatic rings. The van der Waals surface area contributed by atoms with Gasteiger partial charge in [0.2, 0.25) is 0 Å². The van der Waals surface area contributed by atoms with E-state index in [1.165, 1.54) is 0 Å². The van der Waals surface area contributed by atoms with Crippen molar-refractivity contribution >= 4 is 0 Å². The van der Waals surface area contributed by atoms with Crippen LogP contribution in [0, 0.1) is 0 Å². The lowest BCUT2D eigenvalue weighted by atomic mass is 10.3. The smallest absolute Gasteiger partial charge is 0.158 e. The molecule has 0 aliphatic heterocycles. The van der Waals surface area contributed by atoms with Crippen LogP contribution in [0.15, 0.2) is 6.33 Å². The minimum absolute atomic E-state index is 0.126. The van der Waals surface area contributed by atoms with E-state index in [-0.39, 0.29) is 12.3 Å². The van der Waals surface area contributed by atoms with Crippen molar-refractivity contribution < 1.29 is 9.47 Å². The molecule has 18 heavy (non-hydrogen) atoms. The average Bonchev–Trinajstić information content (AvgIpc) is 2.76. The van der Waals surface area contributed by atoms with Crippen molar-refractivity contribution in [3.8, 4) is 0 Å². The fourth-order valence-electron chi connectivity index (χ4n) is 1.78. The van der Waals surface area contributed by atoms with Crippen LogP contribution in [0.2, 0.25) is 0 Å². The van der Waals surface area contributed by atoms with Crippen LogP contribution >= 0.6 is 0 Å². The Kier molecular flexibility index (Phi) is 6.85. The van der Waals surface area contributed by atoms with Crippen LogP contribution in [0.5, 0.6) is 0 Å². The van der Waals surface area contributed by atoms with Crippen LogP contribution in [-0.4, -0.2) is 40.8 Å². The maximum atomic E-state index is 5.48. The van der Waals surface area contributed by atoms with Crippen LogP contribution < -0.4 is 5.32 Å². The van der Waals surface area contributed by atoms with Gasteiger partial charge >= 0.3 is 0 Å². The highest BCUT2D eigenvalue weighted by molar-refractivity contribution is 4.91. The second kappa shape index (κ2) is 8.18. The molecule has 0 aromatic carbocycles. The Morgan fingerprint density at radius 2 is 2.00 bits per heavy atom. The first-order valence-corrected chi connectivity index (χ1v) is 6.49. The molecular weight excluding hydrogens is 232 g/mol. The summed E-state index contributed by atoms with van der Waals surface area (Å²) in [4.78, 5) is 0. The normalized spacial score (nSPS) is 13.2. The van der Waals surface area contributed by atoms with E-state index < -0.39 is 0 Å². The van der Waals surface area contributed by atoms with Gasteiger partial charge in [0, 0.05) is 33.2 Å². The van der Waals surface area contributed by atoms with E-state index >= 15 is 0 Å². The molecule has 0 amide bonds. The SMILES string of the molecule is CCOC(CCNC(C)c1nncn1C)OCC. The zero-order valence-corrected chi connectivity index (χ0v) is 11.7. The summed E-state index contributed by atoms with van der Waals surface area (Å²) in [6.07, 6.45) is 2.40. The summed E-state index contributed by atoms with van der Waals surface area (Å²) in [5, 5.41) is 11.3. The number of nitrogens with one attached hydrogen (secondary N) is 1. The quantitative estimate of drug-likeness (QED) is 0.674. The van der Waals surface area contributed by atoms with Crippen molar-refractivity contribution in [2.75, 3.05) is 19.8 Å². The molecule has 0 spiro atoms. The molecule has 104 valence electrons. The van der Waals surface area contributed by atoms with Gasteiger partial charge in [-0.15, -0.1) is 10.2 Å². The number of hydrogen-bond donors (Lipinski definition) is 1. The van der Waals surface area contributed by atoms with Gasteiger partial charge in [-0.1, -0.05) is 0 Å². The molecule has 1 N–H and O–H groups in total. The van der Waals surface area contributed by atoms with Crippen LogP contribution in [0.1, 0.15) is 39.1 Å². The highest BCUT2D eigenvalue weighted by atomic mass is 16.7. The van der Waals surface area contributed by atoms with Crippen molar-refractivity contribution in [1.82, 2.24) is 20.1 Å². The predicted molar refractivity (Wildman–Crippen MR) is 69.1 cm³/mol. The van der Waals surface area contributed by atoms with Gasteiger partial charge in [0.05, 0.1) is 6.04 Å². The van der Waals surface area contributed by atoms with Crippen molar-refractivity contribution in [2.45, 2.75) is 39.5 Å². The Labute approximate surface area is 109 Å². The molecule has 1 heterocycles. The van der Waals surface area contributed by atoms with Crippen molar-refractivity contribution in [3.05, 3.63) is 12.2 Å². The van der Waals surface area contributed by atoms with E-state index in [0.29, 0.717) is 13.2 Å². The number of nitrogens with zero attached hydrogens (tertiary/aromatic N) is 3. The summed E-state index contributed by atoms with van der Waals surface area (Å²) in [5.74, 6) is 0.930. The number of aromatic nitrogens is 3. The fourth-order valence-corrected chi connectivity index (χ4v) is 1.78. The lowest BCUT2D eigenvalue weighted by Crippen LogP contribution is -2.27. The third-order valence-corrected chi connectivity index (χ3v) is 2.67. The summed E-state index contributed by atoms with van der Waals surface area (Å²) in [6, 6.07) is 0.168. The van der Waals surface area contributed by atoms with E-state index in [9.17, 15) is 0 Å². The average molecular weight is 256 g/mol. The van der Waals surface area contributed by atoms with E-state index in [1.54, 1.807) is 6.33 Å². The Morgan fingerprint density at radius 3 is 2.50 bits per heavy atom. The zero-order valence-electron chi connectivity index (χ0n) is 11.7. The van der Waals surface area contributed by atoms with Gasteiger partial charge in [-0.2, -0.15) is 0 Å². The van der Waals surface area contributed by atoms with Gasteiger partial charge in [0.1, 0.15) is 12.2 Å². The van der Waals surface area contributed by atoms with Gasteiger partial charge in [-0.25, -0.2) is 0 Å². The molecule has 0 bridgehead atoms. The topological polar surface area (TPSA) is 61.2 Å². The minimum atomic E-state index is -0.126.